The molecular formula is C20H23N5O3S2. The number of piperidine rings is 1. The normalized spacial score (nSPS) is 17.7. The van der Waals surface area contributed by atoms with Gasteiger partial charge in [0.15, 0.2) is 0 Å². The zero-order valence-corrected chi connectivity index (χ0v) is 18.4. The second-order valence-corrected chi connectivity index (χ2v) is 9.96. The van der Waals surface area contributed by atoms with E-state index in [0.717, 1.165) is 17.4 Å². The van der Waals surface area contributed by atoms with Crippen molar-refractivity contribution in [2.45, 2.75) is 17.7 Å². The maximum Gasteiger partial charge on any atom is 0.245 e. The summed E-state index contributed by atoms with van der Waals surface area (Å²) in [6, 6.07) is 12.5. The summed E-state index contributed by atoms with van der Waals surface area (Å²) in [7, 11) is 0.141. The van der Waals surface area contributed by atoms with E-state index in [-0.39, 0.29) is 17.3 Å². The Morgan fingerprint density at radius 2 is 1.93 bits per heavy atom. The lowest BCUT2D eigenvalue weighted by Gasteiger charge is -2.31. The molecule has 2 aromatic carbocycles. The van der Waals surface area contributed by atoms with E-state index in [0.29, 0.717) is 36.1 Å². The molecule has 0 saturated carbocycles. The lowest BCUT2D eigenvalue weighted by atomic mass is 9.98. The third-order valence-electron chi connectivity index (χ3n) is 5.27. The summed E-state index contributed by atoms with van der Waals surface area (Å²) in [5.74, 6) is -0.573. The summed E-state index contributed by atoms with van der Waals surface area (Å²) in [6.45, 7) is 0.537. The number of rotatable bonds is 5. The van der Waals surface area contributed by atoms with E-state index < -0.39 is 15.9 Å². The topological polar surface area (TPSA) is 95.5 Å². The van der Waals surface area contributed by atoms with Gasteiger partial charge < -0.3 is 10.2 Å². The monoisotopic (exact) mass is 445 g/mol. The molecule has 0 spiro atoms. The highest BCUT2D eigenvalue weighted by atomic mass is 32.2. The largest absolute Gasteiger partial charge is 0.378 e. The molecule has 1 aliphatic heterocycles. The van der Waals surface area contributed by atoms with E-state index >= 15 is 0 Å². The minimum absolute atomic E-state index is 0.147. The summed E-state index contributed by atoms with van der Waals surface area (Å²) in [4.78, 5) is 14.9. The van der Waals surface area contributed by atoms with Crippen LogP contribution in [-0.2, 0) is 14.8 Å². The van der Waals surface area contributed by atoms with Crippen LogP contribution in [0.1, 0.15) is 12.8 Å². The Kier molecular flexibility index (Phi) is 5.72. The van der Waals surface area contributed by atoms with Gasteiger partial charge in [0.25, 0.3) is 0 Å². The molecule has 1 atom stereocenters. The molecule has 0 aliphatic carbocycles. The fourth-order valence-electron chi connectivity index (χ4n) is 3.59. The molecule has 1 aliphatic rings. The Morgan fingerprint density at radius 3 is 2.67 bits per heavy atom. The summed E-state index contributed by atoms with van der Waals surface area (Å²) < 4.78 is 36.2. The number of hydrogen-bond acceptors (Lipinski definition) is 7. The van der Waals surface area contributed by atoms with Crippen molar-refractivity contribution in [3.05, 3.63) is 42.5 Å². The number of anilines is 2. The Balaban J connectivity index is 1.50. The summed E-state index contributed by atoms with van der Waals surface area (Å²) in [5.41, 5.74) is 2.68. The van der Waals surface area contributed by atoms with Crippen molar-refractivity contribution in [1.29, 1.82) is 0 Å². The zero-order valence-electron chi connectivity index (χ0n) is 16.8. The molecule has 1 aromatic heterocycles. The number of amides is 1. The lowest BCUT2D eigenvalue weighted by molar-refractivity contribution is -0.120. The minimum Gasteiger partial charge on any atom is -0.378 e. The predicted molar refractivity (Wildman–Crippen MR) is 118 cm³/mol. The highest BCUT2D eigenvalue weighted by molar-refractivity contribution is 7.89. The molecule has 0 unspecified atom stereocenters. The van der Waals surface area contributed by atoms with Crippen LogP contribution in [0.25, 0.3) is 11.0 Å². The van der Waals surface area contributed by atoms with Gasteiger partial charge in [-0.05, 0) is 49.2 Å². The molecule has 1 N–H and O–H groups in total. The molecule has 1 saturated heterocycles. The number of carbonyl (C=O) groups excluding carboxylic acids is 1. The van der Waals surface area contributed by atoms with Gasteiger partial charge in [-0.25, -0.2) is 8.42 Å². The second-order valence-electron chi connectivity index (χ2n) is 7.52. The van der Waals surface area contributed by atoms with Crippen molar-refractivity contribution in [3.63, 3.8) is 0 Å². The molecule has 4 rings (SSSR count). The average molecular weight is 446 g/mol. The second kappa shape index (κ2) is 8.29. The Morgan fingerprint density at radius 1 is 1.17 bits per heavy atom. The number of carbonyl (C=O) groups is 1. The highest BCUT2D eigenvalue weighted by Crippen LogP contribution is 2.28. The molecule has 0 radical (unpaired) electrons. The first-order valence-electron chi connectivity index (χ1n) is 9.66. The number of aromatic nitrogens is 2. The van der Waals surface area contributed by atoms with Crippen LogP contribution in [0.3, 0.4) is 0 Å². The molecule has 10 heteroatoms. The van der Waals surface area contributed by atoms with Gasteiger partial charge in [0, 0.05) is 38.6 Å². The van der Waals surface area contributed by atoms with Crippen molar-refractivity contribution in [2.75, 3.05) is 37.4 Å². The molecule has 158 valence electrons. The van der Waals surface area contributed by atoms with Crippen LogP contribution in [0.5, 0.6) is 0 Å². The lowest BCUT2D eigenvalue weighted by Crippen LogP contribution is -2.43. The number of hydrogen-bond donors (Lipinski definition) is 1. The van der Waals surface area contributed by atoms with Crippen molar-refractivity contribution in [2.24, 2.45) is 5.92 Å². The number of nitrogens with one attached hydrogen (secondary N) is 1. The number of nitrogens with zero attached hydrogens (tertiary/aromatic N) is 4. The standard InChI is InChI=1S/C20H23N5O3S2/c1-24(2)16-10-8-15(9-11-16)21-20(26)14-5-4-12-25(13-14)30(27,28)18-7-3-6-17-19(18)23-29-22-17/h3,6-11,14H,4-5,12-13H2,1-2H3,(H,21,26)/t14-/m1/s1. The van der Waals surface area contributed by atoms with Crippen LogP contribution < -0.4 is 10.2 Å². The first kappa shape index (κ1) is 20.7. The highest BCUT2D eigenvalue weighted by Gasteiger charge is 2.34. The molecule has 3 aromatic rings. The van der Waals surface area contributed by atoms with Gasteiger partial charge in [0.1, 0.15) is 15.9 Å². The SMILES string of the molecule is CN(C)c1ccc(NC(=O)[C@@H]2CCCN(S(=O)(=O)c3cccc4nsnc34)C2)cc1. The minimum atomic E-state index is -3.76. The van der Waals surface area contributed by atoms with Crippen molar-refractivity contribution in [1.82, 2.24) is 13.1 Å². The fraction of sp³-hybridized carbons (Fsp3) is 0.350. The van der Waals surface area contributed by atoms with Gasteiger partial charge in [-0.15, -0.1) is 0 Å². The maximum absolute atomic E-state index is 13.3. The van der Waals surface area contributed by atoms with Gasteiger partial charge in [0.05, 0.1) is 17.6 Å². The number of benzene rings is 2. The van der Waals surface area contributed by atoms with E-state index in [9.17, 15) is 13.2 Å². The van der Waals surface area contributed by atoms with Gasteiger partial charge >= 0.3 is 0 Å². The number of sulfonamides is 1. The Hall–Kier alpha value is -2.56. The third kappa shape index (κ3) is 4.03. The van der Waals surface area contributed by atoms with Gasteiger partial charge in [-0.2, -0.15) is 13.1 Å². The molecule has 8 nitrogen and oxygen atoms in total. The van der Waals surface area contributed by atoms with Gasteiger partial charge in [-0.3, -0.25) is 4.79 Å². The van der Waals surface area contributed by atoms with Crippen LogP contribution in [-0.4, -0.2) is 54.6 Å². The van der Waals surface area contributed by atoms with E-state index in [1.165, 1.54) is 4.31 Å². The average Bonchev–Trinajstić information content (AvgIpc) is 3.23. The quantitative estimate of drug-likeness (QED) is 0.649. The molecule has 30 heavy (non-hydrogen) atoms. The zero-order chi connectivity index (χ0) is 21.3. The van der Waals surface area contributed by atoms with E-state index in [1.807, 2.05) is 43.3 Å². The Labute approximate surface area is 179 Å². The molecular weight excluding hydrogens is 422 g/mol. The number of fused-ring (bicyclic) bond motifs is 1. The van der Waals surface area contributed by atoms with Crippen molar-refractivity contribution < 1.29 is 13.2 Å². The van der Waals surface area contributed by atoms with Gasteiger partial charge in [-0.1, -0.05) is 6.07 Å². The molecule has 2 heterocycles. The van der Waals surface area contributed by atoms with E-state index in [4.69, 9.17) is 0 Å². The predicted octanol–water partition coefficient (Wildman–Crippen LogP) is 2.80. The summed E-state index contributed by atoms with van der Waals surface area (Å²) in [5, 5.41) is 2.92. The van der Waals surface area contributed by atoms with Crippen LogP contribution in [0.15, 0.2) is 47.4 Å². The van der Waals surface area contributed by atoms with Gasteiger partial charge in [0.2, 0.25) is 15.9 Å². The molecule has 1 fully saturated rings. The van der Waals surface area contributed by atoms with Crippen LogP contribution >= 0.6 is 11.7 Å². The van der Waals surface area contributed by atoms with E-state index in [2.05, 4.69) is 14.1 Å². The molecule has 1 amide bonds. The third-order valence-corrected chi connectivity index (χ3v) is 7.71. The van der Waals surface area contributed by atoms with Crippen molar-refractivity contribution >= 4 is 50.1 Å². The summed E-state index contributed by atoms with van der Waals surface area (Å²) >= 11 is 0.989. The fourth-order valence-corrected chi connectivity index (χ4v) is 5.87. The van der Waals surface area contributed by atoms with E-state index in [1.54, 1.807) is 18.2 Å². The first-order chi connectivity index (χ1) is 14.4. The maximum atomic E-state index is 13.3. The van der Waals surface area contributed by atoms with Crippen LogP contribution in [0.2, 0.25) is 0 Å². The molecule has 0 bridgehead atoms. The van der Waals surface area contributed by atoms with Crippen molar-refractivity contribution in [3.8, 4) is 0 Å². The van der Waals surface area contributed by atoms with Crippen LogP contribution in [0, 0.1) is 5.92 Å². The first-order valence-corrected chi connectivity index (χ1v) is 11.8. The summed E-state index contributed by atoms with van der Waals surface area (Å²) in [6.07, 6.45) is 1.28. The Bertz CT molecular complexity index is 1160. The smallest absolute Gasteiger partial charge is 0.245 e. The van der Waals surface area contributed by atoms with Crippen LogP contribution in [0.4, 0.5) is 11.4 Å².